The number of benzene rings is 2. The fourth-order valence-electron chi connectivity index (χ4n) is 3.80. The van der Waals surface area contributed by atoms with Gasteiger partial charge in [-0.05, 0) is 69.3 Å². The number of fused-ring (bicyclic) bond motifs is 1. The van der Waals surface area contributed by atoms with Crippen LogP contribution >= 0.6 is 11.3 Å². The maximum Gasteiger partial charge on any atom is 0.266 e. The molecule has 0 bridgehead atoms. The van der Waals surface area contributed by atoms with E-state index >= 15 is 0 Å². The number of aryl methyl sites for hydroxylation is 3. The quantitative estimate of drug-likeness (QED) is 0.367. The molecule has 0 aliphatic rings. The number of hydrogen-bond donors (Lipinski definition) is 2. The van der Waals surface area contributed by atoms with Gasteiger partial charge in [0.25, 0.3) is 11.5 Å². The lowest BCUT2D eigenvalue weighted by molar-refractivity contribution is 0.103. The summed E-state index contributed by atoms with van der Waals surface area (Å²) in [5.74, 6) is 0.533. The zero-order chi connectivity index (χ0) is 25.1. The average molecular weight is 495 g/mol. The second-order valence-electron chi connectivity index (χ2n) is 8.56. The van der Waals surface area contributed by atoms with Crippen molar-refractivity contribution >= 4 is 33.1 Å². The molecule has 9 heteroatoms. The molecule has 0 spiro atoms. The number of nitrogens with zero attached hydrogens (tertiary/aromatic N) is 2. The number of aromatic amines is 1. The summed E-state index contributed by atoms with van der Waals surface area (Å²) in [5.41, 5.74) is 3.19. The van der Waals surface area contributed by atoms with Gasteiger partial charge >= 0.3 is 0 Å². The fourth-order valence-corrected chi connectivity index (χ4v) is 4.89. The Morgan fingerprint density at radius 2 is 1.91 bits per heavy atom. The number of nitrogens with one attached hydrogen (secondary N) is 2. The van der Waals surface area contributed by atoms with Crippen molar-refractivity contribution in [2.45, 2.75) is 27.3 Å². The monoisotopic (exact) mass is 494 g/mol. The van der Waals surface area contributed by atoms with E-state index in [1.807, 2.05) is 44.0 Å². The first-order valence-electron chi connectivity index (χ1n) is 11.2. The van der Waals surface area contributed by atoms with Gasteiger partial charge in [-0.15, -0.1) is 11.3 Å². The molecule has 2 heterocycles. The van der Waals surface area contributed by atoms with E-state index in [9.17, 15) is 14.0 Å². The van der Waals surface area contributed by atoms with Crippen molar-refractivity contribution in [3.05, 3.63) is 86.0 Å². The molecule has 0 saturated heterocycles. The van der Waals surface area contributed by atoms with Crippen LogP contribution in [0.4, 0.5) is 10.1 Å². The third-order valence-corrected chi connectivity index (χ3v) is 6.85. The zero-order valence-electron chi connectivity index (χ0n) is 20.1. The number of halogens is 1. The van der Waals surface area contributed by atoms with Gasteiger partial charge in [-0.25, -0.2) is 9.37 Å². The summed E-state index contributed by atoms with van der Waals surface area (Å²) >= 11 is 1.21. The first-order chi connectivity index (χ1) is 16.7. The Hall–Kier alpha value is -3.56. The number of hydrogen-bond acceptors (Lipinski definition) is 6. The molecule has 0 fully saturated rings. The summed E-state index contributed by atoms with van der Waals surface area (Å²) < 4.78 is 18.6. The highest BCUT2D eigenvalue weighted by Crippen LogP contribution is 2.28. The van der Waals surface area contributed by atoms with Crippen LogP contribution in [0.5, 0.6) is 5.75 Å². The molecule has 0 radical (unpaired) electrons. The van der Waals surface area contributed by atoms with Gasteiger partial charge in [-0.1, -0.05) is 17.7 Å². The van der Waals surface area contributed by atoms with Gasteiger partial charge in [0.15, 0.2) is 0 Å². The number of rotatable bonds is 8. The Morgan fingerprint density at radius 3 is 2.63 bits per heavy atom. The highest BCUT2D eigenvalue weighted by atomic mass is 32.1. The van der Waals surface area contributed by atoms with Crippen LogP contribution in [-0.2, 0) is 6.54 Å². The van der Waals surface area contributed by atoms with Crippen LogP contribution in [0.3, 0.4) is 0 Å². The Bertz CT molecular complexity index is 1430. The van der Waals surface area contributed by atoms with E-state index in [-0.39, 0.29) is 17.3 Å². The number of carbonyl (C=O) groups is 1. The minimum absolute atomic E-state index is 0.256. The molecule has 2 aromatic carbocycles. The second-order valence-corrected chi connectivity index (χ2v) is 9.56. The zero-order valence-corrected chi connectivity index (χ0v) is 20.9. The third-order valence-electron chi connectivity index (χ3n) is 5.66. The van der Waals surface area contributed by atoms with Crippen LogP contribution in [0.15, 0.2) is 47.3 Å². The summed E-state index contributed by atoms with van der Waals surface area (Å²) in [4.78, 5) is 36.2. The lowest BCUT2D eigenvalue weighted by Crippen LogP contribution is -2.26. The molecule has 2 aromatic heterocycles. The Kier molecular flexibility index (Phi) is 7.28. The standard InChI is InChI=1S/C26H27FN4O3S/c1-15-5-10-20(16(2)13-15)28-25(33)23-17(3)22-24(32)29-21(30-26(22)35-23)14-31(4)11-12-34-19-8-6-18(27)7-9-19/h5-10,13H,11-12,14H2,1-4H3,(H,28,33)(H,29,30,32). The van der Waals surface area contributed by atoms with Crippen molar-refractivity contribution in [3.8, 4) is 5.75 Å². The third kappa shape index (κ3) is 5.75. The average Bonchev–Trinajstić information content (AvgIpc) is 3.13. The van der Waals surface area contributed by atoms with Gasteiger partial charge in [0.1, 0.15) is 28.8 Å². The number of anilines is 1. The van der Waals surface area contributed by atoms with E-state index in [0.29, 0.717) is 51.9 Å². The van der Waals surface area contributed by atoms with Gasteiger partial charge in [0.2, 0.25) is 0 Å². The lowest BCUT2D eigenvalue weighted by atomic mass is 10.1. The number of aromatic nitrogens is 2. The van der Waals surface area contributed by atoms with Crippen molar-refractivity contribution in [1.82, 2.24) is 14.9 Å². The number of thiophene rings is 1. The molecule has 2 N–H and O–H groups in total. The summed E-state index contributed by atoms with van der Waals surface area (Å²) in [6.45, 7) is 7.09. The summed E-state index contributed by atoms with van der Waals surface area (Å²) in [5, 5.41) is 3.39. The summed E-state index contributed by atoms with van der Waals surface area (Å²) in [7, 11) is 1.89. The lowest BCUT2D eigenvalue weighted by Gasteiger charge is -2.16. The molecule has 7 nitrogen and oxygen atoms in total. The van der Waals surface area contributed by atoms with Crippen molar-refractivity contribution in [2.24, 2.45) is 0 Å². The molecule has 1 amide bonds. The minimum atomic E-state index is -0.311. The number of likely N-dealkylation sites (N-methyl/N-ethyl adjacent to an activating group) is 1. The normalized spacial score (nSPS) is 11.3. The van der Waals surface area contributed by atoms with Crippen molar-refractivity contribution in [1.29, 1.82) is 0 Å². The number of ether oxygens (including phenoxy) is 1. The number of carbonyl (C=O) groups excluding carboxylic acids is 1. The van der Waals surface area contributed by atoms with Crippen LogP contribution in [0.1, 0.15) is 32.2 Å². The molecule has 0 atom stereocenters. The van der Waals surface area contributed by atoms with Crippen molar-refractivity contribution in [3.63, 3.8) is 0 Å². The highest BCUT2D eigenvalue weighted by Gasteiger charge is 2.20. The maximum atomic E-state index is 13.0. The van der Waals surface area contributed by atoms with Gasteiger partial charge in [-0.2, -0.15) is 0 Å². The van der Waals surface area contributed by atoms with E-state index < -0.39 is 0 Å². The van der Waals surface area contributed by atoms with Gasteiger partial charge < -0.3 is 15.0 Å². The molecule has 0 unspecified atom stereocenters. The molecule has 4 aromatic rings. The topological polar surface area (TPSA) is 87.3 Å². The predicted molar refractivity (Wildman–Crippen MR) is 137 cm³/mol. The van der Waals surface area contributed by atoms with Gasteiger partial charge in [0.05, 0.1) is 16.8 Å². The van der Waals surface area contributed by atoms with Crippen LogP contribution in [0.2, 0.25) is 0 Å². The van der Waals surface area contributed by atoms with Gasteiger partial charge in [-0.3, -0.25) is 14.5 Å². The molecular formula is C26H27FN4O3S. The van der Waals surface area contributed by atoms with E-state index in [2.05, 4.69) is 15.3 Å². The van der Waals surface area contributed by atoms with Crippen LogP contribution in [0.25, 0.3) is 10.2 Å². The van der Waals surface area contributed by atoms with E-state index in [0.717, 1.165) is 16.8 Å². The molecule has 182 valence electrons. The largest absolute Gasteiger partial charge is 0.492 e. The Balaban J connectivity index is 1.45. The first-order valence-corrected chi connectivity index (χ1v) is 12.0. The van der Waals surface area contributed by atoms with Crippen molar-refractivity contribution < 1.29 is 13.9 Å². The summed E-state index contributed by atoms with van der Waals surface area (Å²) in [6.07, 6.45) is 0. The van der Waals surface area contributed by atoms with Gasteiger partial charge in [0, 0.05) is 12.2 Å². The highest BCUT2D eigenvalue weighted by molar-refractivity contribution is 7.20. The molecule has 0 aliphatic heterocycles. The minimum Gasteiger partial charge on any atom is -0.492 e. The molecule has 35 heavy (non-hydrogen) atoms. The van der Waals surface area contributed by atoms with Crippen molar-refractivity contribution in [2.75, 3.05) is 25.5 Å². The second kappa shape index (κ2) is 10.4. The SMILES string of the molecule is Cc1ccc(NC(=O)c2sc3nc(CN(C)CCOc4ccc(F)cc4)[nH]c(=O)c3c2C)c(C)c1. The summed E-state index contributed by atoms with van der Waals surface area (Å²) in [6, 6.07) is 11.7. The molecule has 0 aliphatic carbocycles. The fraction of sp³-hybridized carbons (Fsp3) is 0.269. The Morgan fingerprint density at radius 1 is 1.17 bits per heavy atom. The molecule has 4 rings (SSSR count). The predicted octanol–water partition coefficient (Wildman–Crippen LogP) is 4.81. The maximum absolute atomic E-state index is 13.0. The smallest absolute Gasteiger partial charge is 0.266 e. The van der Waals surface area contributed by atoms with E-state index in [1.165, 1.54) is 23.5 Å². The first kappa shape index (κ1) is 24.6. The van der Waals surface area contributed by atoms with E-state index in [4.69, 9.17) is 4.74 Å². The van der Waals surface area contributed by atoms with E-state index in [1.54, 1.807) is 19.1 Å². The van der Waals surface area contributed by atoms with Crippen LogP contribution in [-0.4, -0.2) is 41.0 Å². The molecular weight excluding hydrogens is 467 g/mol. The Labute approximate surface area is 206 Å². The van der Waals surface area contributed by atoms with Crippen LogP contribution in [0, 0.1) is 26.6 Å². The molecule has 0 saturated carbocycles. The number of H-pyrrole nitrogens is 1. The van der Waals surface area contributed by atoms with Crippen LogP contribution < -0.4 is 15.6 Å². The number of amides is 1.